The van der Waals surface area contributed by atoms with Gasteiger partial charge in [-0.3, -0.25) is 10.1 Å². The Bertz CT molecular complexity index is 403. The van der Waals surface area contributed by atoms with Gasteiger partial charge in [-0.25, -0.2) is 0 Å². The standard InChI is InChI=1S/C9H14N6O/c1-2-6(16)12-9-14-7(10)13-8(15-9)11-5-3-4-5/h5H,2-4H2,1H3,(H4,10,11,12,13,14,15,16). The first-order valence-electron chi connectivity index (χ1n) is 5.25. The molecule has 0 saturated heterocycles. The lowest BCUT2D eigenvalue weighted by molar-refractivity contribution is -0.115. The summed E-state index contributed by atoms with van der Waals surface area (Å²) in [5.41, 5.74) is 5.52. The topological polar surface area (TPSA) is 106 Å². The maximum atomic E-state index is 11.2. The third-order valence-corrected chi connectivity index (χ3v) is 2.14. The molecule has 1 aromatic heterocycles. The number of nitrogens with two attached hydrogens (primary N) is 1. The van der Waals surface area contributed by atoms with Crippen LogP contribution in [0.1, 0.15) is 26.2 Å². The molecule has 1 saturated carbocycles. The fourth-order valence-electron chi connectivity index (χ4n) is 1.14. The SMILES string of the molecule is CCC(=O)Nc1nc(N)nc(NC2CC2)n1. The maximum absolute atomic E-state index is 11.2. The summed E-state index contributed by atoms with van der Waals surface area (Å²) >= 11 is 0. The molecule has 1 aliphatic carbocycles. The van der Waals surface area contributed by atoms with E-state index >= 15 is 0 Å². The second-order valence-electron chi connectivity index (χ2n) is 3.66. The van der Waals surface area contributed by atoms with Gasteiger partial charge in [0.05, 0.1) is 0 Å². The summed E-state index contributed by atoms with van der Waals surface area (Å²) in [6, 6.07) is 0.427. The zero-order chi connectivity index (χ0) is 11.5. The highest BCUT2D eigenvalue weighted by Gasteiger charge is 2.22. The van der Waals surface area contributed by atoms with Crippen molar-refractivity contribution in [1.82, 2.24) is 15.0 Å². The first kappa shape index (κ1) is 10.6. The molecule has 1 heterocycles. The fraction of sp³-hybridized carbons (Fsp3) is 0.556. The van der Waals surface area contributed by atoms with Crippen molar-refractivity contribution in [2.24, 2.45) is 0 Å². The van der Waals surface area contributed by atoms with Gasteiger partial charge in [0, 0.05) is 12.5 Å². The van der Waals surface area contributed by atoms with Crippen LogP contribution in [0.4, 0.5) is 17.8 Å². The summed E-state index contributed by atoms with van der Waals surface area (Å²) in [6.45, 7) is 1.75. The normalized spacial score (nSPS) is 14.6. The Morgan fingerprint density at radius 3 is 2.69 bits per heavy atom. The second kappa shape index (κ2) is 4.30. The molecule has 7 heteroatoms. The fourth-order valence-corrected chi connectivity index (χ4v) is 1.14. The average Bonchev–Trinajstić information content (AvgIpc) is 3.00. The highest BCUT2D eigenvalue weighted by Crippen LogP contribution is 2.23. The molecule has 0 spiro atoms. The number of nitrogens with one attached hydrogen (secondary N) is 2. The molecule has 86 valence electrons. The minimum Gasteiger partial charge on any atom is -0.368 e. The predicted octanol–water partition coefficient (Wildman–Crippen LogP) is 0.377. The zero-order valence-electron chi connectivity index (χ0n) is 9.03. The number of carbonyl (C=O) groups is 1. The number of hydrogen-bond donors (Lipinski definition) is 3. The van der Waals surface area contributed by atoms with Crippen molar-refractivity contribution < 1.29 is 4.79 Å². The first-order valence-corrected chi connectivity index (χ1v) is 5.25. The summed E-state index contributed by atoms with van der Waals surface area (Å²) in [7, 11) is 0. The van der Waals surface area contributed by atoms with Gasteiger partial charge < -0.3 is 11.1 Å². The molecule has 0 aromatic carbocycles. The number of rotatable bonds is 4. The van der Waals surface area contributed by atoms with Crippen molar-refractivity contribution in [3.63, 3.8) is 0 Å². The van der Waals surface area contributed by atoms with Crippen LogP contribution in [0.25, 0.3) is 0 Å². The van der Waals surface area contributed by atoms with Crippen LogP contribution in [-0.2, 0) is 4.79 Å². The molecule has 1 aromatic rings. The first-order chi connectivity index (χ1) is 7.67. The van der Waals surface area contributed by atoms with Crippen LogP contribution >= 0.6 is 0 Å². The number of hydrogen-bond acceptors (Lipinski definition) is 6. The summed E-state index contributed by atoms with van der Waals surface area (Å²) < 4.78 is 0. The molecule has 0 radical (unpaired) electrons. The molecule has 7 nitrogen and oxygen atoms in total. The van der Waals surface area contributed by atoms with Gasteiger partial charge in [0.25, 0.3) is 0 Å². The number of carbonyl (C=O) groups excluding carboxylic acids is 1. The molecule has 2 rings (SSSR count). The van der Waals surface area contributed by atoms with Crippen LogP contribution in [0.15, 0.2) is 0 Å². The van der Waals surface area contributed by atoms with E-state index in [1.54, 1.807) is 6.92 Å². The Labute approximate surface area is 92.9 Å². The minimum absolute atomic E-state index is 0.101. The summed E-state index contributed by atoms with van der Waals surface area (Å²) in [5, 5.41) is 5.64. The number of aromatic nitrogens is 3. The largest absolute Gasteiger partial charge is 0.368 e. The van der Waals surface area contributed by atoms with Crippen molar-refractivity contribution in [2.75, 3.05) is 16.4 Å². The second-order valence-corrected chi connectivity index (χ2v) is 3.66. The number of amides is 1. The van der Waals surface area contributed by atoms with E-state index in [2.05, 4.69) is 25.6 Å². The van der Waals surface area contributed by atoms with Gasteiger partial charge in [0.2, 0.25) is 23.8 Å². The molecular formula is C9H14N6O. The zero-order valence-corrected chi connectivity index (χ0v) is 9.03. The van der Waals surface area contributed by atoms with Crippen LogP contribution in [0.5, 0.6) is 0 Å². The van der Waals surface area contributed by atoms with E-state index in [-0.39, 0.29) is 17.8 Å². The Balaban J connectivity index is 2.10. The monoisotopic (exact) mass is 222 g/mol. The van der Waals surface area contributed by atoms with E-state index in [4.69, 9.17) is 5.73 Å². The average molecular weight is 222 g/mol. The molecule has 0 aliphatic heterocycles. The third-order valence-electron chi connectivity index (χ3n) is 2.14. The predicted molar refractivity (Wildman–Crippen MR) is 59.8 cm³/mol. The lowest BCUT2D eigenvalue weighted by Gasteiger charge is -2.06. The molecule has 1 aliphatic rings. The maximum Gasteiger partial charge on any atom is 0.236 e. The van der Waals surface area contributed by atoms with Crippen molar-refractivity contribution in [2.45, 2.75) is 32.2 Å². The van der Waals surface area contributed by atoms with E-state index in [9.17, 15) is 4.79 Å². The number of anilines is 3. The van der Waals surface area contributed by atoms with Gasteiger partial charge in [-0.05, 0) is 12.8 Å². The van der Waals surface area contributed by atoms with Gasteiger partial charge in [0.15, 0.2) is 0 Å². The minimum atomic E-state index is -0.150. The molecule has 1 fully saturated rings. The van der Waals surface area contributed by atoms with Gasteiger partial charge in [0.1, 0.15) is 0 Å². The van der Waals surface area contributed by atoms with Gasteiger partial charge >= 0.3 is 0 Å². The third kappa shape index (κ3) is 2.78. The molecule has 0 bridgehead atoms. The molecule has 1 amide bonds. The van der Waals surface area contributed by atoms with E-state index in [1.165, 1.54) is 0 Å². The Kier molecular flexibility index (Phi) is 2.84. The lowest BCUT2D eigenvalue weighted by atomic mass is 10.5. The smallest absolute Gasteiger partial charge is 0.236 e. The summed E-state index contributed by atoms with van der Waals surface area (Å²) in [5.74, 6) is 0.566. The van der Waals surface area contributed by atoms with Gasteiger partial charge in [-0.2, -0.15) is 15.0 Å². The van der Waals surface area contributed by atoms with Crippen LogP contribution in [0, 0.1) is 0 Å². The van der Waals surface area contributed by atoms with Gasteiger partial charge in [-0.15, -0.1) is 0 Å². The van der Waals surface area contributed by atoms with E-state index in [1.807, 2.05) is 0 Å². The van der Waals surface area contributed by atoms with Crippen molar-refractivity contribution >= 4 is 23.8 Å². The van der Waals surface area contributed by atoms with Crippen molar-refractivity contribution in [3.8, 4) is 0 Å². The lowest BCUT2D eigenvalue weighted by Crippen LogP contribution is -2.16. The Hall–Kier alpha value is -1.92. The number of nitrogen functional groups attached to an aromatic ring is 1. The van der Waals surface area contributed by atoms with Crippen LogP contribution in [0.3, 0.4) is 0 Å². The van der Waals surface area contributed by atoms with Crippen molar-refractivity contribution in [1.29, 1.82) is 0 Å². The van der Waals surface area contributed by atoms with Gasteiger partial charge in [-0.1, -0.05) is 6.92 Å². The van der Waals surface area contributed by atoms with Crippen LogP contribution in [-0.4, -0.2) is 26.9 Å². The quantitative estimate of drug-likeness (QED) is 0.680. The van der Waals surface area contributed by atoms with Crippen molar-refractivity contribution in [3.05, 3.63) is 0 Å². The Morgan fingerprint density at radius 2 is 2.06 bits per heavy atom. The molecule has 16 heavy (non-hydrogen) atoms. The van der Waals surface area contributed by atoms with E-state index in [0.29, 0.717) is 18.4 Å². The van der Waals surface area contributed by atoms with E-state index in [0.717, 1.165) is 12.8 Å². The molecule has 0 atom stereocenters. The van der Waals surface area contributed by atoms with E-state index < -0.39 is 0 Å². The molecule has 4 N–H and O–H groups in total. The van der Waals surface area contributed by atoms with Crippen LogP contribution < -0.4 is 16.4 Å². The highest BCUT2D eigenvalue weighted by molar-refractivity contribution is 5.88. The highest BCUT2D eigenvalue weighted by atomic mass is 16.1. The molecular weight excluding hydrogens is 208 g/mol. The summed E-state index contributed by atoms with van der Waals surface area (Å²) in [6.07, 6.45) is 2.60. The Morgan fingerprint density at radius 1 is 1.38 bits per heavy atom. The van der Waals surface area contributed by atoms with Crippen LogP contribution in [0.2, 0.25) is 0 Å². The number of nitrogens with zero attached hydrogens (tertiary/aromatic N) is 3. The molecule has 0 unspecified atom stereocenters. The summed E-state index contributed by atoms with van der Waals surface area (Å²) in [4.78, 5) is 23.0.